The highest BCUT2D eigenvalue weighted by molar-refractivity contribution is 6.31. The van der Waals surface area contributed by atoms with Crippen LogP contribution in [0.2, 0.25) is 5.02 Å². The van der Waals surface area contributed by atoms with Crippen LogP contribution in [0.25, 0.3) is 16.6 Å². The number of benzene rings is 2. The Bertz CT molecular complexity index is 1240. The second kappa shape index (κ2) is 8.17. The molecule has 158 valence electrons. The highest BCUT2D eigenvalue weighted by Crippen LogP contribution is 2.22. The van der Waals surface area contributed by atoms with E-state index in [1.165, 1.54) is 5.56 Å². The summed E-state index contributed by atoms with van der Waals surface area (Å²) in [6.07, 6.45) is 1.76. The summed E-state index contributed by atoms with van der Waals surface area (Å²) in [5, 5.41) is 10.1. The molecule has 3 heterocycles. The van der Waals surface area contributed by atoms with Crippen LogP contribution in [0.4, 0.5) is 0 Å². The fourth-order valence-corrected chi connectivity index (χ4v) is 4.28. The molecule has 1 amide bonds. The molecule has 4 aromatic rings. The van der Waals surface area contributed by atoms with Gasteiger partial charge in [0.2, 0.25) is 0 Å². The lowest BCUT2D eigenvalue weighted by atomic mass is 10.2. The predicted molar refractivity (Wildman–Crippen MR) is 121 cm³/mol. The molecule has 1 fully saturated rings. The molecule has 0 saturated carbocycles. The van der Waals surface area contributed by atoms with E-state index >= 15 is 0 Å². The maximum absolute atomic E-state index is 13.0. The van der Waals surface area contributed by atoms with Crippen molar-refractivity contribution in [3.8, 4) is 5.69 Å². The first kappa shape index (κ1) is 19.8. The van der Waals surface area contributed by atoms with E-state index in [-0.39, 0.29) is 5.91 Å². The van der Waals surface area contributed by atoms with Gasteiger partial charge in [0, 0.05) is 42.1 Å². The molecule has 1 N–H and O–H groups in total. The number of halogens is 1. The molecule has 0 unspecified atom stereocenters. The number of carbonyl (C=O) groups excluding carboxylic acids is 1. The van der Waals surface area contributed by atoms with Crippen molar-refractivity contribution in [1.29, 1.82) is 0 Å². The number of carbonyl (C=O) groups is 1. The Hall–Kier alpha value is -3.16. The third kappa shape index (κ3) is 3.94. The minimum atomic E-state index is 0.0232. The van der Waals surface area contributed by atoms with Gasteiger partial charge in [-0.05, 0) is 42.8 Å². The summed E-state index contributed by atoms with van der Waals surface area (Å²) in [5.74, 6) is 0.927. The van der Waals surface area contributed by atoms with Gasteiger partial charge in [0.25, 0.3) is 5.91 Å². The lowest BCUT2D eigenvalue weighted by Gasteiger charge is -2.34. The zero-order valence-corrected chi connectivity index (χ0v) is 18.0. The van der Waals surface area contributed by atoms with Crippen LogP contribution in [0.15, 0.2) is 54.9 Å². The van der Waals surface area contributed by atoms with Crippen LogP contribution in [-0.4, -0.2) is 61.6 Å². The van der Waals surface area contributed by atoms with Crippen molar-refractivity contribution in [2.24, 2.45) is 0 Å². The van der Waals surface area contributed by atoms with Crippen molar-refractivity contribution in [2.45, 2.75) is 13.5 Å². The summed E-state index contributed by atoms with van der Waals surface area (Å²) in [6, 6.07) is 15.7. The van der Waals surface area contributed by atoms with E-state index in [2.05, 4.69) is 39.1 Å². The molecule has 5 rings (SSSR count). The van der Waals surface area contributed by atoms with Gasteiger partial charge < -0.3 is 9.88 Å². The monoisotopic (exact) mass is 434 g/mol. The van der Waals surface area contributed by atoms with Crippen LogP contribution >= 0.6 is 11.6 Å². The van der Waals surface area contributed by atoms with Gasteiger partial charge >= 0.3 is 0 Å². The van der Waals surface area contributed by atoms with Crippen molar-refractivity contribution in [3.05, 3.63) is 77.0 Å². The van der Waals surface area contributed by atoms with E-state index in [4.69, 9.17) is 11.6 Å². The number of hydrogen-bond donors (Lipinski definition) is 1. The number of nitrogens with one attached hydrogen (secondary N) is 1. The SMILES string of the molecule is Cc1ccccc1-n1cnnc1CN1CCN(C(=O)c2cc3cc(Cl)ccc3[nH]2)CC1. The number of aryl methyl sites for hydroxylation is 1. The second-order valence-corrected chi connectivity index (χ2v) is 8.32. The maximum atomic E-state index is 13.0. The standard InChI is InChI=1S/C23H23ClN6O/c1-16-4-2-3-5-21(16)30-15-25-27-22(30)14-28-8-10-29(11-9-28)23(31)20-13-17-12-18(24)6-7-19(17)26-20/h2-7,12-13,15,26H,8-11,14H2,1H3. The quantitative estimate of drug-likeness (QED) is 0.532. The first-order valence-corrected chi connectivity index (χ1v) is 10.7. The number of amides is 1. The van der Waals surface area contributed by atoms with E-state index in [0.717, 1.165) is 35.5 Å². The topological polar surface area (TPSA) is 70.1 Å². The number of rotatable bonds is 4. The van der Waals surface area contributed by atoms with Crippen molar-refractivity contribution in [3.63, 3.8) is 0 Å². The van der Waals surface area contributed by atoms with Crippen LogP contribution in [0, 0.1) is 6.92 Å². The Morgan fingerprint density at radius 1 is 1.10 bits per heavy atom. The minimum Gasteiger partial charge on any atom is -0.351 e. The van der Waals surface area contributed by atoms with Gasteiger partial charge in [-0.15, -0.1) is 10.2 Å². The van der Waals surface area contributed by atoms with Crippen molar-refractivity contribution in [2.75, 3.05) is 26.2 Å². The normalized spacial score (nSPS) is 15.0. The summed E-state index contributed by atoms with van der Waals surface area (Å²) in [5.41, 5.74) is 3.79. The van der Waals surface area contributed by atoms with E-state index in [0.29, 0.717) is 30.4 Å². The average Bonchev–Trinajstić information content (AvgIpc) is 3.41. The first-order valence-electron chi connectivity index (χ1n) is 10.3. The molecule has 0 spiro atoms. The van der Waals surface area contributed by atoms with E-state index < -0.39 is 0 Å². The number of H-pyrrole nitrogens is 1. The van der Waals surface area contributed by atoms with Crippen molar-refractivity contribution in [1.82, 2.24) is 29.5 Å². The summed E-state index contributed by atoms with van der Waals surface area (Å²) < 4.78 is 2.04. The fraction of sp³-hybridized carbons (Fsp3) is 0.261. The van der Waals surface area contributed by atoms with Crippen LogP contribution in [0.5, 0.6) is 0 Å². The smallest absolute Gasteiger partial charge is 0.270 e. The largest absolute Gasteiger partial charge is 0.351 e. The van der Waals surface area contributed by atoms with Gasteiger partial charge in [0.15, 0.2) is 5.82 Å². The summed E-state index contributed by atoms with van der Waals surface area (Å²) >= 11 is 6.06. The predicted octanol–water partition coefficient (Wildman–Crippen LogP) is 3.67. The maximum Gasteiger partial charge on any atom is 0.270 e. The molecule has 1 aliphatic rings. The van der Waals surface area contributed by atoms with Gasteiger partial charge in [-0.1, -0.05) is 29.8 Å². The van der Waals surface area contributed by atoms with Gasteiger partial charge in [-0.2, -0.15) is 0 Å². The number of aromatic amines is 1. The summed E-state index contributed by atoms with van der Waals surface area (Å²) in [6.45, 7) is 5.71. The lowest BCUT2D eigenvalue weighted by Crippen LogP contribution is -2.48. The van der Waals surface area contributed by atoms with Crippen LogP contribution in [0.1, 0.15) is 21.9 Å². The molecule has 1 aliphatic heterocycles. The molecule has 2 aromatic carbocycles. The lowest BCUT2D eigenvalue weighted by molar-refractivity contribution is 0.0620. The molecule has 0 bridgehead atoms. The van der Waals surface area contributed by atoms with Gasteiger partial charge in [0.05, 0.1) is 12.2 Å². The molecule has 0 radical (unpaired) electrons. The summed E-state index contributed by atoms with van der Waals surface area (Å²) in [4.78, 5) is 20.4. The number of piperazine rings is 1. The highest BCUT2D eigenvalue weighted by Gasteiger charge is 2.24. The number of aromatic nitrogens is 4. The second-order valence-electron chi connectivity index (χ2n) is 7.89. The third-order valence-electron chi connectivity index (χ3n) is 5.83. The Kier molecular flexibility index (Phi) is 5.21. The number of para-hydroxylation sites is 1. The van der Waals surface area contributed by atoms with Gasteiger partial charge in [-0.25, -0.2) is 0 Å². The molecule has 0 aliphatic carbocycles. The Morgan fingerprint density at radius 2 is 1.90 bits per heavy atom. The van der Waals surface area contributed by atoms with Gasteiger partial charge in [0.1, 0.15) is 12.0 Å². The molecule has 2 aromatic heterocycles. The van der Waals surface area contributed by atoms with Crippen molar-refractivity contribution < 1.29 is 4.79 Å². The zero-order chi connectivity index (χ0) is 21.4. The van der Waals surface area contributed by atoms with Gasteiger partial charge in [-0.3, -0.25) is 14.3 Å². The molecule has 1 saturated heterocycles. The van der Waals surface area contributed by atoms with E-state index in [9.17, 15) is 4.79 Å². The molecule has 0 atom stereocenters. The number of nitrogens with zero attached hydrogens (tertiary/aromatic N) is 5. The Morgan fingerprint density at radius 3 is 2.71 bits per heavy atom. The molecule has 8 heteroatoms. The van der Waals surface area contributed by atoms with Crippen LogP contribution in [-0.2, 0) is 6.54 Å². The van der Waals surface area contributed by atoms with Crippen LogP contribution < -0.4 is 0 Å². The Labute approximate surface area is 185 Å². The van der Waals surface area contributed by atoms with E-state index in [1.807, 2.05) is 45.9 Å². The highest BCUT2D eigenvalue weighted by atomic mass is 35.5. The minimum absolute atomic E-state index is 0.0232. The first-order chi connectivity index (χ1) is 15.1. The van der Waals surface area contributed by atoms with E-state index in [1.54, 1.807) is 6.33 Å². The molecular weight excluding hydrogens is 412 g/mol. The third-order valence-corrected chi connectivity index (χ3v) is 6.07. The average molecular weight is 435 g/mol. The van der Waals surface area contributed by atoms with Crippen LogP contribution in [0.3, 0.4) is 0 Å². The summed E-state index contributed by atoms with van der Waals surface area (Å²) in [7, 11) is 0. The number of fused-ring (bicyclic) bond motifs is 1. The molecular formula is C23H23ClN6O. The fourth-order valence-electron chi connectivity index (χ4n) is 4.10. The molecule has 31 heavy (non-hydrogen) atoms. The molecule has 7 nitrogen and oxygen atoms in total. The Balaban J connectivity index is 1.24. The number of hydrogen-bond acceptors (Lipinski definition) is 4. The van der Waals surface area contributed by atoms with Crippen molar-refractivity contribution >= 4 is 28.4 Å². The zero-order valence-electron chi connectivity index (χ0n) is 17.3.